The highest BCUT2D eigenvalue weighted by Gasteiger charge is 2.33. The summed E-state index contributed by atoms with van der Waals surface area (Å²) in [5.74, 6) is -1.42. The third kappa shape index (κ3) is 4.81. The van der Waals surface area contributed by atoms with Crippen LogP contribution < -0.4 is 5.32 Å². The minimum atomic E-state index is -0.964. The molecule has 0 saturated carbocycles. The predicted octanol–water partition coefficient (Wildman–Crippen LogP) is 2.18. The zero-order chi connectivity index (χ0) is 18.6. The first kappa shape index (κ1) is 19.0. The van der Waals surface area contributed by atoms with E-state index in [4.69, 9.17) is 5.11 Å². The second kappa shape index (κ2) is 7.68. The number of hydrogen-bond acceptors (Lipinski definition) is 3. The van der Waals surface area contributed by atoms with Crippen molar-refractivity contribution in [3.63, 3.8) is 0 Å². The minimum absolute atomic E-state index is 0.0256. The van der Waals surface area contributed by atoms with Gasteiger partial charge in [-0.25, -0.2) is 4.79 Å². The lowest BCUT2D eigenvalue weighted by molar-refractivity contribution is -0.148. The highest BCUT2D eigenvalue weighted by atomic mass is 16.4. The normalized spacial score (nSPS) is 17.4. The van der Waals surface area contributed by atoms with Gasteiger partial charge in [-0.15, -0.1) is 0 Å². The van der Waals surface area contributed by atoms with Crippen LogP contribution in [0.2, 0.25) is 0 Å². The maximum atomic E-state index is 12.2. The number of carbonyl (C=O) groups is 3. The molecule has 1 aromatic carbocycles. The van der Waals surface area contributed by atoms with Crippen molar-refractivity contribution in [1.82, 2.24) is 10.2 Å². The third-order valence-corrected chi connectivity index (χ3v) is 4.50. The Hall–Kier alpha value is -2.37. The molecule has 1 saturated heterocycles. The maximum Gasteiger partial charge on any atom is 0.326 e. The fraction of sp³-hybridized carbons (Fsp3) is 0.526. The Balaban J connectivity index is 1.84. The van der Waals surface area contributed by atoms with Crippen molar-refractivity contribution in [2.75, 3.05) is 13.1 Å². The Labute approximate surface area is 148 Å². The first-order chi connectivity index (χ1) is 11.7. The molecule has 1 fully saturated rings. The maximum absolute atomic E-state index is 12.2. The van der Waals surface area contributed by atoms with E-state index in [9.17, 15) is 14.4 Å². The van der Waals surface area contributed by atoms with Crippen molar-refractivity contribution < 1.29 is 19.5 Å². The molecule has 1 atom stereocenters. The molecule has 0 spiro atoms. The molecule has 25 heavy (non-hydrogen) atoms. The summed E-state index contributed by atoms with van der Waals surface area (Å²) in [4.78, 5) is 36.8. The van der Waals surface area contributed by atoms with Gasteiger partial charge in [0.15, 0.2) is 0 Å². The van der Waals surface area contributed by atoms with E-state index in [-0.39, 0.29) is 30.2 Å². The number of likely N-dealkylation sites (tertiary alicyclic amines) is 1. The fourth-order valence-electron chi connectivity index (χ4n) is 2.97. The molecule has 0 unspecified atom stereocenters. The van der Waals surface area contributed by atoms with Crippen molar-refractivity contribution in [3.8, 4) is 0 Å². The van der Waals surface area contributed by atoms with Crippen molar-refractivity contribution in [2.24, 2.45) is 0 Å². The van der Waals surface area contributed by atoms with Crippen LogP contribution in [0.4, 0.5) is 0 Å². The average molecular weight is 346 g/mol. The van der Waals surface area contributed by atoms with Gasteiger partial charge >= 0.3 is 5.97 Å². The van der Waals surface area contributed by atoms with Crippen LogP contribution in [0.5, 0.6) is 0 Å². The van der Waals surface area contributed by atoms with E-state index in [1.54, 1.807) is 12.1 Å². The second-order valence-electron chi connectivity index (χ2n) is 7.42. The highest BCUT2D eigenvalue weighted by molar-refractivity contribution is 5.94. The molecule has 0 aliphatic carbocycles. The first-order valence-electron chi connectivity index (χ1n) is 8.61. The van der Waals surface area contributed by atoms with E-state index in [1.165, 1.54) is 4.90 Å². The molecular formula is C19H26N2O4. The van der Waals surface area contributed by atoms with Crippen LogP contribution >= 0.6 is 0 Å². The van der Waals surface area contributed by atoms with E-state index in [1.807, 2.05) is 12.1 Å². The smallest absolute Gasteiger partial charge is 0.326 e. The monoisotopic (exact) mass is 346 g/mol. The van der Waals surface area contributed by atoms with Gasteiger partial charge in [-0.3, -0.25) is 9.59 Å². The zero-order valence-corrected chi connectivity index (χ0v) is 15.0. The van der Waals surface area contributed by atoms with Crippen LogP contribution in [-0.4, -0.2) is 46.9 Å². The van der Waals surface area contributed by atoms with E-state index >= 15 is 0 Å². The Bertz CT molecular complexity index is 646. The number of hydrogen-bond donors (Lipinski definition) is 2. The molecule has 1 aliphatic rings. The molecule has 6 nitrogen and oxygen atoms in total. The zero-order valence-electron chi connectivity index (χ0n) is 15.0. The van der Waals surface area contributed by atoms with E-state index in [0.29, 0.717) is 24.9 Å². The van der Waals surface area contributed by atoms with Crippen molar-refractivity contribution in [1.29, 1.82) is 0 Å². The minimum Gasteiger partial charge on any atom is -0.480 e. The Kier molecular flexibility index (Phi) is 5.82. The second-order valence-corrected chi connectivity index (χ2v) is 7.42. The molecular weight excluding hydrogens is 320 g/mol. The summed E-state index contributed by atoms with van der Waals surface area (Å²) in [6.45, 7) is 6.99. The number of rotatable bonds is 5. The SMILES string of the molecule is CC(C)(C)c1ccc(C(=O)NCCC(=O)N2CCC[C@@H]2C(=O)O)cc1. The van der Waals surface area contributed by atoms with Crippen molar-refractivity contribution in [3.05, 3.63) is 35.4 Å². The number of aliphatic carboxylic acids is 1. The van der Waals surface area contributed by atoms with Crippen LogP contribution in [0.15, 0.2) is 24.3 Å². The summed E-state index contributed by atoms with van der Waals surface area (Å²) >= 11 is 0. The van der Waals surface area contributed by atoms with Crippen LogP contribution in [-0.2, 0) is 15.0 Å². The predicted molar refractivity (Wildman–Crippen MR) is 94.5 cm³/mol. The fourth-order valence-corrected chi connectivity index (χ4v) is 2.97. The summed E-state index contributed by atoms with van der Waals surface area (Å²) < 4.78 is 0. The number of benzene rings is 1. The molecule has 2 rings (SSSR count). The van der Waals surface area contributed by atoms with Gasteiger partial charge in [-0.05, 0) is 36.0 Å². The van der Waals surface area contributed by atoms with Gasteiger partial charge in [-0.1, -0.05) is 32.9 Å². The van der Waals surface area contributed by atoms with Crippen molar-refractivity contribution >= 4 is 17.8 Å². The molecule has 1 aliphatic heterocycles. The Morgan fingerprint density at radius 2 is 1.84 bits per heavy atom. The third-order valence-electron chi connectivity index (χ3n) is 4.50. The lowest BCUT2D eigenvalue weighted by Gasteiger charge is -2.21. The number of carboxylic acid groups (broad SMARTS) is 1. The lowest BCUT2D eigenvalue weighted by Crippen LogP contribution is -2.41. The lowest BCUT2D eigenvalue weighted by atomic mass is 9.87. The molecule has 0 aromatic heterocycles. The van der Waals surface area contributed by atoms with Gasteiger partial charge in [0, 0.05) is 25.1 Å². The molecule has 1 heterocycles. The molecule has 136 valence electrons. The quantitative estimate of drug-likeness (QED) is 0.855. The number of carboxylic acids is 1. The molecule has 2 amide bonds. The standard InChI is InChI=1S/C19H26N2O4/c1-19(2,3)14-8-6-13(7-9-14)17(23)20-11-10-16(22)21-12-4-5-15(21)18(24)25/h6-9,15H,4-5,10-12H2,1-3H3,(H,20,23)(H,24,25)/t15-/m1/s1. The van der Waals surface area contributed by atoms with Crippen molar-refractivity contribution in [2.45, 2.75) is 51.5 Å². The van der Waals surface area contributed by atoms with Crippen LogP contribution in [0.3, 0.4) is 0 Å². The Morgan fingerprint density at radius 3 is 2.40 bits per heavy atom. The van der Waals surface area contributed by atoms with Crippen LogP contribution in [0.1, 0.15) is 56.0 Å². The van der Waals surface area contributed by atoms with E-state index in [2.05, 4.69) is 26.1 Å². The molecule has 0 radical (unpaired) electrons. The summed E-state index contributed by atoms with van der Waals surface area (Å²) in [5.41, 5.74) is 1.72. The van der Waals surface area contributed by atoms with Crippen LogP contribution in [0.25, 0.3) is 0 Å². The molecule has 6 heteroatoms. The highest BCUT2D eigenvalue weighted by Crippen LogP contribution is 2.22. The number of carbonyl (C=O) groups excluding carboxylic acids is 2. The summed E-state index contributed by atoms with van der Waals surface area (Å²) in [6.07, 6.45) is 1.30. The molecule has 2 N–H and O–H groups in total. The molecule has 0 bridgehead atoms. The number of nitrogens with one attached hydrogen (secondary N) is 1. The van der Waals surface area contributed by atoms with E-state index in [0.717, 1.165) is 5.56 Å². The summed E-state index contributed by atoms with van der Waals surface area (Å²) in [5, 5.41) is 11.8. The molecule has 1 aromatic rings. The van der Waals surface area contributed by atoms with Gasteiger partial charge < -0.3 is 15.3 Å². The summed E-state index contributed by atoms with van der Waals surface area (Å²) in [7, 11) is 0. The van der Waals surface area contributed by atoms with Gasteiger partial charge in [-0.2, -0.15) is 0 Å². The van der Waals surface area contributed by atoms with Gasteiger partial charge in [0.1, 0.15) is 6.04 Å². The van der Waals surface area contributed by atoms with Crippen LogP contribution in [0, 0.1) is 0 Å². The largest absolute Gasteiger partial charge is 0.480 e. The number of nitrogens with zero attached hydrogens (tertiary/aromatic N) is 1. The van der Waals surface area contributed by atoms with E-state index < -0.39 is 12.0 Å². The average Bonchev–Trinajstić information content (AvgIpc) is 3.04. The van der Waals surface area contributed by atoms with Gasteiger partial charge in [0.05, 0.1) is 0 Å². The van der Waals surface area contributed by atoms with Gasteiger partial charge in [0.25, 0.3) is 5.91 Å². The van der Waals surface area contributed by atoms with Gasteiger partial charge in [0.2, 0.25) is 5.91 Å². The number of amides is 2. The Morgan fingerprint density at radius 1 is 1.20 bits per heavy atom. The topological polar surface area (TPSA) is 86.7 Å². The summed E-state index contributed by atoms with van der Waals surface area (Å²) in [6, 6.07) is 6.69. The first-order valence-corrected chi connectivity index (χ1v) is 8.61.